The maximum Gasteiger partial charge on any atom is 0.118 e. The first kappa shape index (κ1) is 14.2. The van der Waals surface area contributed by atoms with Crippen molar-refractivity contribution in [2.24, 2.45) is 0 Å². The quantitative estimate of drug-likeness (QED) is 0.846. The van der Waals surface area contributed by atoms with Gasteiger partial charge in [-0.25, -0.2) is 0 Å². The first-order valence-electron chi connectivity index (χ1n) is 6.49. The number of hydrogen-bond donors (Lipinski definition) is 1. The standard InChI is InChI=1S/C14H21N3OS/c1-11(12(2)17-8-4-7-16-17)15-9-13-5-6-14(18-13)10-19-3/h4-8,11-12,15H,9-10H2,1-3H3/t11-,12-/m0/s1. The molecule has 0 bridgehead atoms. The summed E-state index contributed by atoms with van der Waals surface area (Å²) in [5, 5.41) is 7.75. The molecule has 104 valence electrons. The Kier molecular flexibility index (Phi) is 5.10. The van der Waals surface area contributed by atoms with Crippen LogP contribution in [-0.4, -0.2) is 22.1 Å². The zero-order chi connectivity index (χ0) is 13.7. The fourth-order valence-electron chi connectivity index (χ4n) is 1.92. The van der Waals surface area contributed by atoms with Gasteiger partial charge in [0.05, 0.1) is 18.3 Å². The fraction of sp³-hybridized carbons (Fsp3) is 0.500. The van der Waals surface area contributed by atoms with Gasteiger partial charge in [-0.05, 0) is 38.3 Å². The molecule has 0 saturated heterocycles. The third kappa shape index (κ3) is 3.88. The lowest BCUT2D eigenvalue weighted by Gasteiger charge is -2.21. The van der Waals surface area contributed by atoms with Crippen molar-refractivity contribution >= 4 is 11.8 Å². The van der Waals surface area contributed by atoms with Gasteiger partial charge in [-0.15, -0.1) is 0 Å². The molecule has 0 aliphatic carbocycles. The minimum absolute atomic E-state index is 0.315. The number of rotatable bonds is 7. The number of hydrogen-bond acceptors (Lipinski definition) is 4. The molecule has 2 rings (SSSR count). The minimum Gasteiger partial charge on any atom is -0.464 e. The van der Waals surface area contributed by atoms with Crippen LogP contribution in [0.25, 0.3) is 0 Å². The maximum atomic E-state index is 5.74. The summed E-state index contributed by atoms with van der Waals surface area (Å²) in [4.78, 5) is 0. The lowest BCUT2D eigenvalue weighted by Crippen LogP contribution is -2.33. The molecule has 0 amide bonds. The van der Waals surface area contributed by atoms with Gasteiger partial charge in [0.1, 0.15) is 11.5 Å². The predicted octanol–water partition coefficient (Wildman–Crippen LogP) is 3.08. The first-order valence-corrected chi connectivity index (χ1v) is 7.89. The van der Waals surface area contributed by atoms with Crippen molar-refractivity contribution in [1.29, 1.82) is 0 Å². The van der Waals surface area contributed by atoms with Gasteiger partial charge >= 0.3 is 0 Å². The molecular weight excluding hydrogens is 258 g/mol. The minimum atomic E-state index is 0.315. The van der Waals surface area contributed by atoms with Gasteiger partial charge in [0.15, 0.2) is 0 Å². The van der Waals surface area contributed by atoms with Crippen LogP contribution in [0.5, 0.6) is 0 Å². The molecule has 0 aromatic carbocycles. The molecule has 2 atom stereocenters. The zero-order valence-corrected chi connectivity index (χ0v) is 12.5. The van der Waals surface area contributed by atoms with Crippen LogP contribution in [0.1, 0.15) is 31.4 Å². The van der Waals surface area contributed by atoms with Crippen LogP contribution in [0.3, 0.4) is 0 Å². The summed E-state index contributed by atoms with van der Waals surface area (Å²) in [6.07, 6.45) is 5.88. The molecule has 2 aromatic rings. The Labute approximate surface area is 118 Å². The van der Waals surface area contributed by atoms with Crippen LogP contribution >= 0.6 is 11.8 Å². The lowest BCUT2D eigenvalue weighted by atomic mass is 10.2. The van der Waals surface area contributed by atoms with Gasteiger partial charge in [0.25, 0.3) is 0 Å². The van der Waals surface area contributed by atoms with E-state index in [1.165, 1.54) is 0 Å². The highest BCUT2D eigenvalue weighted by molar-refractivity contribution is 7.97. The predicted molar refractivity (Wildman–Crippen MR) is 79.2 cm³/mol. The molecule has 0 saturated carbocycles. The van der Waals surface area contributed by atoms with Gasteiger partial charge in [-0.1, -0.05) is 0 Å². The van der Waals surface area contributed by atoms with E-state index in [1.807, 2.05) is 29.2 Å². The summed E-state index contributed by atoms with van der Waals surface area (Å²) in [5.41, 5.74) is 0. The van der Waals surface area contributed by atoms with E-state index in [2.05, 4.69) is 36.6 Å². The zero-order valence-electron chi connectivity index (χ0n) is 11.7. The second-order valence-electron chi connectivity index (χ2n) is 4.70. The number of aromatic nitrogens is 2. The Morgan fingerprint density at radius 1 is 1.37 bits per heavy atom. The summed E-state index contributed by atoms with van der Waals surface area (Å²) in [6, 6.07) is 6.69. The Bertz CT molecular complexity index is 481. The van der Waals surface area contributed by atoms with E-state index in [9.17, 15) is 0 Å². The molecule has 1 N–H and O–H groups in total. The third-order valence-corrected chi connectivity index (χ3v) is 3.84. The number of nitrogens with one attached hydrogen (secondary N) is 1. The molecule has 0 fully saturated rings. The van der Waals surface area contributed by atoms with E-state index >= 15 is 0 Å². The van der Waals surface area contributed by atoms with Crippen LogP contribution in [-0.2, 0) is 12.3 Å². The van der Waals surface area contributed by atoms with Crippen LogP contribution < -0.4 is 5.32 Å². The Morgan fingerprint density at radius 3 is 2.84 bits per heavy atom. The van der Waals surface area contributed by atoms with E-state index in [0.717, 1.165) is 23.8 Å². The maximum absolute atomic E-state index is 5.74. The Morgan fingerprint density at radius 2 is 2.16 bits per heavy atom. The van der Waals surface area contributed by atoms with Crippen molar-refractivity contribution < 1.29 is 4.42 Å². The summed E-state index contributed by atoms with van der Waals surface area (Å²) < 4.78 is 7.71. The molecule has 5 heteroatoms. The van der Waals surface area contributed by atoms with E-state index in [4.69, 9.17) is 4.42 Å². The van der Waals surface area contributed by atoms with Crippen molar-refractivity contribution in [2.45, 2.75) is 38.2 Å². The van der Waals surface area contributed by atoms with Gasteiger partial charge in [-0.2, -0.15) is 16.9 Å². The normalized spacial score (nSPS) is 14.5. The second-order valence-corrected chi connectivity index (χ2v) is 5.56. The average molecular weight is 279 g/mol. The fourth-order valence-corrected chi connectivity index (χ4v) is 2.36. The van der Waals surface area contributed by atoms with E-state index in [-0.39, 0.29) is 0 Å². The SMILES string of the molecule is CSCc1ccc(CN[C@@H](C)[C@H](C)n2cccn2)o1. The second kappa shape index (κ2) is 6.82. The summed E-state index contributed by atoms with van der Waals surface area (Å²) in [7, 11) is 0. The largest absolute Gasteiger partial charge is 0.464 e. The van der Waals surface area contributed by atoms with Crippen molar-refractivity contribution in [2.75, 3.05) is 6.26 Å². The molecule has 0 aliphatic rings. The molecule has 0 radical (unpaired) electrons. The third-order valence-electron chi connectivity index (χ3n) is 3.27. The van der Waals surface area contributed by atoms with Gasteiger partial charge in [-0.3, -0.25) is 4.68 Å². The molecule has 4 nitrogen and oxygen atoms in total. The highest BCUT2D eigenvalue weighted by atomic mass is 32.2. The molecule has 2 aromatic heterocycles. The van der Waals surface area contributed by atoms with Crippen LogP contribution in [0.4, 0.5) is 0 Å². The average Bonchev–Trinajstić information content (AvgIpc) is 3.06. The summed E-state index contributed by atoms with van der Waals surface area (Å²) >= 11 is 1.77. The smallest absolute Gasteiger partial charge is 0.118 e. The molecular formula is C14H21N3OS. The van der Waals surface area contributed by atoms with Crippen LogP contribution in [0, 0.1) is 0 Å². The van der Waals surface area contributed by atoms with E-state index in [1.54, 1.807) is 11.8 Å². The molecule has 0 spiro atoms. The van der Waals surface area contributed by atoms with E-state index in [0.29, 0.717) is 12.1 Å². The lowest BCUT2D eigenvalue weighted by molar-refractivity contribution is 0.349. The van der Waals surface area contributed by atoms with E-state index < -0.39 is 0 Å². The summed E-state index contributed by atoms with van der Waals surface area (Å²) in [5.74, 6) is 2.96. The Hall–Kier alpha value is -1.20. The van der Waals surface area contributed by atoms with Gasteiger partial charge in [0, 0.05) is 18.4 Å². The molecule has 19 heavy (non-hydrogen) atoms. The monoisotopic (exact) mass is 279 g/mol. The molecule has 2 heterocycles. The van der Waals surface area contributed by atoms with Gasteiger partial charge < -0.3 is 9.73 Å². The number of nitrogens with zero attached hydrogens (tertiary/aromatic N) is 2. The summed E-state index contributed by atoms with van der Waals surface area (Å²) in [6.45, 7) is 5.07. The highest BCUT2D eigenvalue weighted by Crippen LogP contribution is 2.14. The number of thioether (sulfide) groups is 1. The molecule has 0 aliphatic heterocycles. The van der Waals surface area contributed by atoms with Crippen molar-refractivity contribution in [3.63, 3.8) is 0 Å². The number of furan rings is 1. The van der Waals surface area contributed by atoms with Crippen molar-refractivity contribution in [3.8, 4) is 0 Å². The van der Waals surface area contributed by atoms with Crippen molar-refractivity contribution in [3.05, 3.63) is 42.1 Å². The van der Waals surface area contributed by atoms with Gasteiger partial charge in [0.2, 0.25) is 0 Å². The highest BCUT2D eigenvalue weighted by Gasteiger charge is 2.14. The molecule has 0 unspecified atom stereocenters. The van der Waals surface area contributed by atoms with Crippen LogP contribution in [0.15, 0.2) is 35.0 Å². The topological polar surface area (TPSA) is 43.0 Å². The Balaban J connectivity index is 1.84. The first-order chi connectivity index (χ1) is 9.20. The van der Waals surface area contributed by atoms with Crippen molar-refractivity contribution in [1.82, 2.24) is 15.1 Å². The van der Waals surface area contributed by atoms with Crippen LogP contribution in [0.2, 0.25) is 0 Å².